The predicted octanol–water partition coefficient (Wildman–Crippen LogP) is 2.53. The van der Waals surface area contributed by atoms with Crippen LogP contribution in [0.5, 0.6) is 5.75 Å². The number of carbonyl (C=O) groups is 2. The molecule has 0 atom stereocenters. The van der Waals surface area contributed by atoms with Gasteiger partial charge in [-0.25, -0.2) is 4.79 Å². The Kier molecular flexibility index (Phi) is 5.60. The summed E-state index contributed by atoms with van der Waals surface area (Å²) in [5.41, 5.74) is 1.12. The number of amides is 3. The van der Waals surface area contributed by atoms with Gasteiger partial charge in [0.05, 0.1) is 0 Å². The van der Waals surface area contributed by atoms with E-state index in [1.807, 2.05) is 19.1 Å². The molecule has 0 aliphatic heterocycles. The van der Waals surface area contributed by atoms with Gasteiger partial charge in [0.2, 0.25) is 0 Å². The molecule has 0 bridgehead atoms. The summed E-state index contributed by atoms with van der Waals surface area (Å²) in [6.07, 6.45) is 5.47. The Bertz CT molecular complexity index is 479. The van der Waals surface area contributed by atoms with E-state index < -0.39 is 11.9 Å². The highest BCUT2D eigenvalue weighted by Crippen LogP contribution is 2.17. The van der Waals surface area contributed by atoms with Crippen LogP contribution in [-0.2, 0) is 4.79 Å². The molecule has 5 nitrogen and oxygen atoms in total. The van der Waals surface area contributed by atoms with Gasteiger partial charge in [-0.1, -0.05) is 37.0 Å². The topological polar surface area (TPSA) is 67.4 Å². The Hall–Kier alpha value is -2.04. The highest BCUT2D eigenvalue weighted by atomic mass is 16.5. The van der Waals surface area contributed by atoms with E-state index in [0.29, 0.717) is 5.75 Å². The molecule has 5 heteroatoms. The van der Waals surface area contributed by atoms with Crippen molar-refractivity contribution in [1.29, 1.82) is 0 Å². The van der Waals surface area contributed by atoms with Crippen LogP contribution in [0.15, 0.2) is 24.3 Å². The van der Waals surface area contributed by atoms with Gasteiger partial charge in [-0.05, 0) is 31.9 Å². The number of hydrogen-bond acceptors (Lipinski definition) is 3. The Labute approximate surface area is 125 Å². The molecule has 1 aromatic carbocycles. The second-order valence-corrected chi connectivity index (χ2v) is 5.46. The van der Waals surface area contributed by atoms with Crippen LogP contribution in [0.4, 0.5) is 4.79 Å². The Balaban J connectivity index is 1.68. The van der Waals surface area contributed by atoms with E-state index in [1.165, 1.54) is 6.42 Å². The van der Waals surface area contributed by atoms with Crippen molar-refractivity contribution in [3.63, 3.8) is 0 Å². The number of carbonyl (C=O) groups excluding carboxylic acids is 2. The van der Waals surface area contributed by atoms with Gasteiger partial charge in [-0.2, -0.15) is 0 Å². The quantitative estimate of drug-likeness (QED) is 0.895. The van der Waals surface area contributed by atoms with Gasteiger partial charge in [0.1, 0.15) is 5.75 Å². The van der Waals surface area contributed by atoms with Gasteiger partial charge in [-0.3, -0.25) is 10.1 Å². The van der Waals surface area contributed by atoms with E-state index >= 15 is 0 Å². The number of rotatable bonds is 4. The van der Waals surface area contributed by atoms with E-state index in [2.05, 4.69) is 10.6 Å². The summed E-state index contributed by atoms with van der Waals surface area (Å²) < 4.78 is 5.32. The molecule has 1 fully saturated rings. The van der Waals surface area contributed by atoms with Gasteiger partial charge >= 0.3 is 6.03 Å². The molecular weight excluding hydrogens is 268 g/mol. The normalized spacial score (nSPS) is 15.3. The number of urea groups is 1. The standard InChI is InChI=1S/C16H22N2O3/c1-12-7-9-14(10-8-12)21-11-15(19)18-16(20)17-13-5-3-2-4-6-13/h7-10,13H,2-6,11H2,1H3,(H2,17,18,19,20). The van der Waals surface area contributed by atoms with Crippen LogP contribution in [0.3, 0.4) is 0 Å². The van der Waals surface area contributed by atoms with E-state index in [9.17, 15) is 9.59 Å². The molecule has 0 aromatic heterocycles. The average Bonchev–Trinajstić information content (AvgIpc) is 2.47. The molecule has 3 amide bonds. The second kappa shape index (κ2) is 7.67. The number of ether oxygens (including phenoxy) is 1. The van der Waals surface area contributed by atoms with E-state index in [0.717, 1.165) is 31.2 Å². The first kappa shape index (κ1) is 15.4. The monoisotopic (exact) mass is 290 g/mol. The maximum Gasteiger partial charge on any atom is 0.321 e. The number of aryl methyl sites for hydroxylation is 1. The first-order chi connectivity index (χ1) is 10.1. The lowest BCUT2D eigenvalue weighted by Gasteiger charge is -2.22. The summed E-state index contributed by atoms with van der Waals surface area (Å²) in [5.74, 6) is 0.173. The van der Waals surface area contributed by atoms with Gasteiger partial charge in [0.15, 0.2) is 6.61 Å². The molecule has 0 spiro atoms. The lowest BCUT2D eigenvalue weighted by Crippen LogP contribution is -2.46. The van der Waals surface area contributed by atoms with Crippen LogP contribution >= 0.6 is 0 Å². The molecule has 1 aliphatic rings. The molecule has 1 aliphatic carbocycles. The smallest absolute Gasteiger partial charge is 0.321 e. The summed E-state index contributed by atoms with van der Waals surface area (Å²) in [5, 5.41) is 5.12. The summed E-state index contributed by atoms with van der Waals surface area (Å²) in [4.78, 5) is 23.3. The van der Waals surface area contributed by atoms with Crippen LogP contribution in [-0.4, -0.2) is 24.6 Å². The van der Waals surface area contributed by atoms with Gasteiger partial charge < -0.3 is 10.1 Å². The van der Waals surface area contributed by atoms with Crippen molar-refractivity contribution in [2.75, 3.05) is 6.61 Å². The molecule has 114 valence electrons. The average molecular weight is 290 g/mol. The molecule has 2 rings (SSSR count). The van der Waals surface area contributed by atoms with Crippen molar-refractivity contribution in [3.8, 4) is 5.75 Å². The SMILES string of the molecule is Cc1ccc(OCC(=O)NC(=O)NC2CCCCC2)cc1. The van der Waals surface area contributed by atoms with Crippen molar-refractivity contribution in [2.24, 2.45) is 0 Å². The number of hydrogen-bond donors (Lipinski definition) is 2. The van der Waals surface area contributed by atoms with Gasteiger partial charge in [-0.15, -0.1) is 0 Å². The molecule has 0 unspecified atom stereocenters. The Morgan fingerprint density at radius 2 is 1.81 bits per heavy atom. The first-order valence-electron chi connectivity index (χ1n) is 7.43. The van der Waals surface area contributed by atoms with E-state index in [1.54, 1.807) is 12.1 Å². The van der Waals surface area contributed by atoms with Crippen molar-refractivity contribution < 1.29 is 14.3 Å². The first-order valence-corrected chi connectivity index (χ1v) is 7.43. The van der Waals surface area contributed by atoms with E-state index in [4.69, 9.17) is 4.74 Å². The third-order valence-electron chi connectivity index (χ3n) is 3.58. The maximum atomic E-state index is 11.7. The zero-order valence-corrected chi connectivity index (χ0v) is 12.4. The minimum absolute atomic E-state index is 0.166. The number of benzene rings is 1. The van der Waals surface area contributed by atoms with Crippen molar-refractivity contribution >= 4 is 11.9 Å². The fourth-order valence-corrected chi connectivity index (χ4v) is 2.41. The van der Waals surface area contributed by atoms with E-state index in [-0.39, 0.29) is 12.6 Å². The largest absolute Gasteiger partial charge is 0.484 e. The lowest BCUT2D eigenvalue weighted by molar-refractivity contribution is -0.122. The zero-order valence-electron chi connectivity index (χ0n) is 12.4. The molecule has 0 heterocycles. The predicted molar refractivity (Wildman–Crippen MR) is 80.2 cm³/mol. The summed E-state index contributed by atoms with van der Waals surface area (Å²) in [7, 11) is 0. The molecule has 1 aromatic rings. The van der Waals surface area contributed by atoms with Crippen molar-refractivity contribution in [3.05, 3.63) is 29.8 Å². The van der Waals surface area contributed by atoms with Crippen molar-refractivity contribution in [1.82, 2.24) is 10.6 Å². The second-order valence-electron chi connectivity index (χ2n) is 5.46. The third kappa shape index (κ3) is 5.45. The fraction of sp³-hybridized carbons (Fsp3) is 0.500. The molecule has 0 saturated heterocycles. The minimum Gasteiger partial charge on any atom is -0.484 e. The molecule has 0 radical (unpaired) electrons. The van der Waals surface area contributed by atoms with Gasteiger partial charge in [0, 0.05) is 6.04 Å². The van der Waals surface area contributed by atoms with Crippen LogP contribution < -0.4 is 15.4 Å². The summed E-state index contributed by atoms with van der Waals surface area (Å²) in [6.45, 7) is 1.81. The molecular formula is C16H22N2O3. The van der Waals surface area contributed by atoms with Crippen LogP contribution in [0.2, 0.25) is 0 Å². The molecule has 2 N–H and O–H groups in total. The number of imide groups is 1. The van der Waals surface area contributed by atoms with Gasteiger partial charge in [0.25, 0.3) is 5.91 Å². The third-order valence-corrected chi connectivity index (χ3v) is 3.58. The zero-order chi connectivity index (χ0) is 15.1. The highest BCUT2D eigenvalue weighted by Gasteiger charge is 2.16. The van der Waals surface area contributed by atoms with Crippen molar-refractivity contribution in [2.45, 2.75) is 45.1 Å². The fourth-order valence-electron chi connectivity index (χ4n) is 2.41. The maximum absolute atomic E-state index is 11.7. The van der Waals surface area contributed by atoms with Crippen LogP contribution in [0.25, 0.3) is 0 Å². The van der Waals surface area contributed by atoms with Crippen LogP contribution in [0.1, 0.15) is 37.7 Å². The highest BCUT2D eigenvalue weighted by molar-refractivity contribution is 5.95. The molecule has 21 heavy (non-hydrogen) atoms. The summed E-state index contributed by atoms with van der Waals surface area (Å²) >= 11 is 0. The Morgan fingerprint density at radius 1 is 1.14 bits per heavy atom. The van der Waals surface area contributed by atoms with Crippen LogP contribution in [0, 0.1) is 6.92 Å². The number of nitrogens with one attached hydrogen (secondary N) is 2. The molecule has 1 saturated carbocycles. The summed E-state index contributed by atoms with van der Waals surface area (Å²) in [6, 6.07) is 7.16. The minimum atomic E-state index is -0.441. The Morgan fingerprint density at radius 3 is 2.48 bits per heavy atom. The lowest BCUT2D eigenvalue weighted by atomic mass is 9.96.